The molecule has 0 saturated heterocycles. The predicted octanol–water partition coefficient (Wildman–Crippen LogP) is 4.00. The topological polar surface area (TPSA) is 58.4 Å². The highest BCUT2D eigenvalue weighted by Crippen LogP contribution is 2.28. The van der Waals surface area contributed by atoms with Crippen molar-refractivity contribution in [1.82, 2.24) is 0 Å². The lowest BCUT2D eigenvalue weighted by atomic mass is 10.1. The van der Waals surface area contributed by atoms with Gasteiger partial charge >= 0.3 is 0 Å². The van der Waals surface area contributed by atoms with Gasteiger partial charge in [-0.05, 0) is 36.4 Å². The molecule has 2 aromatic rings. The summed E-state index contributed by atoms with van der Waals surface area (Å²) in [7, 11) is 3.81. The lowest BCUT2D eigenvalue weighted by Crippen LogP contribution is -2.14. The number of hydrogen-bond donors (Lipinski definition) is 2. The second kappa shape index (κ2) is 6.37. The molecule has 6 heteroatoms. The molecule has 3 N–H and O–H groups in total. The zero-order valence-corrected chi connectivity index (χ0v) is 14.0. The van der Waals surface area contributed by atoms with Crippen LogP contribution in [0.2, 0.25) is 5.02 Å². The molecule has 0 unspecified atom stereocenters. The van der Waals surface area contributed by atoms with Crippen LogP contribution in [0.3, 0.4) is 0 Å². The van der Waals surface area contributed by atoms with Gasteiger partial charge in [-0.1, -0.05) is 27.5 Å². The van der Waals surface area contributed by atoms with E-state index in [1.165, 1.54) is 0 Å². The first-order valence-corrected chi connectivity index (χ1v) is 7.39. The standard InChI is InChI=1S/C15H15BrClN3O/c1-20(2)14-6-4-10(8-12(14)17)19-15(21)11-7-9(16)3-5-13(11)18/h3-8H,18H2,1-2H3,(H,19,21). The molecule has 21 heavy (non-hydrogen) atoms. The number of carbonyl (C=O) groups excluding carboxylic acids is 1. The van der Waals surface area contributed by atoms with E-state index in [0.717, 1.165) is 10.2 Å². The SMILES string of the molecule is CN(C)c1ccc(NC(=O)c2cc(Br)ccc2N)cc1Cl. The third kappa shape index (κ3) is 3.68. The van der Waals surface area contributed by atoms with Crippen LogP contribution in [0.1, 0.15) is 10.4 Å². The number of hydrogen-bond acceptors (Lipinski definition) is 3. The number of rotatable bonds is 3. The molecule has 0 aromatic heterocycles. The molecular formula is C15H15BrClN3O. The molecule has 0 atom stereocenters. The minimum atomic E-state index is -0.275. The van der Waals surface area contributed by atoms with E-state index >= 15 is 0 Å². The van der Waals surface area contributed by atoms with E-state index in [0.29, 0.717) is 22.0 Å². The Bertz CT molecular complexity index is 689. The van der Waals surface area contributed by atoms with Gasteiger partial charge in [0.05, 0.1) is 16.3 Å². The molecule has 0 radical (unpaired) electrons. The molecule has 0 bridgehead atoms. The average molecular weight is 369 g/mol. The first-order valence-electron chi connectivity index (χ1n) is 6.21. The molecule has 4 nitrogen and oxygen atoms in total. The van der Waals surface area contributed by atoms with E-state index < -0.39 is 0 Å². The molecule has 2 rings (SSSR count). The van der Waals surface area contributed by atoms with Crippen LogP contribution >= 0.6 is 27.5 Å². The zero-order valence-electron chi connectivity index (χ0n) is 11.7. The fourth-order valence-electron chi connectivity index (χ4n) is 1.87. The summed E-state index contributed by atoms with van der Waals surface area (Å²) in [4.78, 5) is 14.2. The molecule has 1 amide bonds. The summed E-state index contributed by atoms with van der Waals surface area (Å²) in [6.07, 6.45) is 0. The third-order valence-electron chi connectivity index (χ3n) is 2.95. The van der Waals surface area contributed by atoms with Crippen LogP contribution in [0.15, 0.2) is 40.9 Å². The maximum absolute atomic E-state index is 12.3. The Morgan fingerprint density at radius 2 is 1.95 bits per heavy atom. The van der Waals surface area contributed by atoms with Gasteiger partial charge in [-0.2, -0.15) is 0 Å². The Morgan fingerprint density at radius 1 is 1.24 bits per heavy atom. The normalized spacial score (nSPS) is 10.3. The first kappa shape index (κ1) is 15.7. The molecule has 0 aliphatic rings. The number of nitrogens with one attached hydrogen (secondary N) is 1. The van der Waals surface area contributed by atoms with Gasteiger partial charge < -0.3 is 16.0 Å². The Kier molecular flexibility index (Phi) is 4.75. The van der Waals surface area contributed by atoms with Gasteiger partial charge in [0.1, 0.15) is 0 Å². The van der Waals surface area contributed by atoms with Crippen LogP contribution in [-0.4, -0.2) is 20.0 Å². The third-order valence-corrected chi connectivity index (χ3v) is 3.74. The van der Waals surface area contributed by atoms with Crippen molar-refractivity contribution in [3.63, 3.8) is 0 Å². The Morgan fingerprint density at radius 3 is 2.57 bits per heavy atom. The number of nitrogens with zero attached hydrogens (tertiary/aromatic N) is 1. The van der Waals surface area contributed by atoms with Crippen LogP contribution in [-0.2, 0) is 0 Å². The van der Waals surface area contributed by atoms with Crippen molar-refractivity contribution >= 4 is 50.5 Å². The quantitative estimate of drug-likeness (QED) is 0.805. The zero-order chi connectivity index (χ0) is 15.6. The lowest BCUT2D eigenvalue weighted by Gasteiger charge is -2.15. The number of nitrogens with two attached hydrogens (primary N) is 1. The van der Waals surface area contributed by atoms with Crippen LogP contribution < -0.4 is 16.0 Å². The van der Waals surface area contributed by atoms with Crippen molar-refractivity contribution in [2.75, 3.05) is 30.0 Å². The number of nitrogen functional groups attached to an aromatic ring is 1. The highest BCUT2D eigenvalue weighted by molar-refractivity contribution is 9.10. The fraction of sp³-hybridized carbons (Fsp3) is 0.133. The molecule has 110 valence electrons. The highest BCUT2D eigenvalue weighted by atomic mass is 79.9. The van der Waals surface area contributed by atoms with Gasteiger partial charge in [-0.25, -0.2) is 0 Å². The molecular weight excluding hydrogens is 354 g/mol. The second-order valence-electron chi connectivity index (χ2n) is 4.75. The number of benzene rings is 2. The van der Waals surface area contributed by atoms with Crippen molar-refractivity contribution in [3.05, 3.63) is 51.5 Å². The summed E-state index contributed by atoms with van der Waals surface area (Å²) in [6, 6.07) is 10.5. The van der Waals surface area contributed by atoms with Gasteiger partial charge in [-0.15, -0.1) is 0 Å². The van der Waals surface area contributed by atoms with E-state index in [9.17, 15) is 4.79 Å². The maximum atomic E-state index is 12.3. The van der Waals surface area contributed by atoms with Crippen molar-refractivity contribution in [3.8, 4) is 0 Å². The number of carbonyl (C=O) groups is 1. The number of halogens is 2. The average Bonchev–Trinajstić information content (AvgIpc) is 2.41. The van der Waals surface area contributed by atoms with Crippen molar-refractivity contribution in [2.24, 2.45) is 0 Å². The van der Waals surface area contributed by atoms with Gasteiger partial charge in [0, 0.05) is 29.9 Å². The Labute approximate surface area is 137 Å². The summed E-state index contributed by atoms with van der Waals surface area (Å²) in [5.41, 5.74) is 8.17. The van der Waals surface area contributed by atoms with Gasteiger partial charge in [0.25, 0.3) is 5.91 Å². The van der Waals surface area contributed by atoms with E-state index in [4.69, 9.17) is 17.3 Å². The Hall–Kier alpha value is -1.72. The highest BCUT2D eigenvalue weighted by Gasteiger charge is 2.12. The number of anilines is 3. The summed E-state index contributed by atoms with van der Waals surface area (Å²) in [5.74, 6) is -0.275. The van der Waals surface area contributed by atoms with Gasteiger partial charge in [0.2, 0.25) is 0 Å². The van der Waals surface area contributed by atoms with Crippen LogP contribution in [0.4, 0.5) is 17.1 Å². The van der Waals surface area contributed by atoms with Crippen molar-refractivity contribution < 1.29 is 4.79 Å². The molecule has 0 heterocycles. The summed E-state index contributed by atoms with van der Waals surface area (Å²) >= 11 is 9.51. The fourth-order valence-corrected chi connectivity index (χ4v) is 2.58. The number of amides is 1. The second-order valence-corrected chi connectivity index (χ2v) is 6.07. The molecule has 0 saturated carbocycles. The Balaban J connectivity index is 2.24. The molecule has 2 aromatic carbocycles. The first-order chi connectivity index (χ1) is 9.88. The van der Waals surface area contributed by atoms with E-state index in [1.54, 1.807) is 30.3 Å². The van der Waals surface area contributed by atoms with Crippen LogP contribution in [0.25, 0.3) is 0 Å². The van der Waals surface area contributed by atoms with E-state index in [-0.39, 0.29) is 5.91 Å². The smallest absolute Gasteiger partial charge is 0.257 e. The summed E-state index contributed by atoms with van der Waals surface area (Å²) in [6.45, 7) is 0. The van der Waals surface area contributed by atoms with Crippen LogP contribution in [0, 0.1) is 0 Å². The minimum absolute atomic E-state index is 0.275. The van der Waals surface area contributed by atoms with E-state index in [1.807, 2.05) is 25.1 Å². The largest absolute Gasteiger partial charge is 0.398 e. The summed E-state index contributed by atoms with van der Waals surface area (Å²) in [5, 5.41) is 3.36. The molecule has 0 aliphatic carbocycles. The van der Waals surface area contributed by atoms with Crippen LogP contribution in [0.5, 0.6) is 0 Å². The molecule has 0 fully saturated rings. The van der Waals surface area contributed by atoms with E-state index in [2.05, 4.69) is 21.2 Å². The summed E-state index contributed by atoms with van der Waals surface area (Å²) < 4.78 is 0.794. The predicted molar refractivity (Wildman–Crippen MR) is 92.3 cm³/mol. The van der Waals surface area contributed by atoms with Gasteiger partial charge in [-0.3, -0.25) is 4.79 Å². The minimum Gasteiger partial charge on any atom is -0.398 e. The molecule has 0 spiro atoms. The van der Waals surface area contributed by atoms with Gasteiger partial charge in [0.15, 0.2) is 0 Å². The lowest BCUT2D eigenvalue weighted by molar-refractivity contribution is 0.102. The monoisotopic (exact) mass is 367 g/mol. The molecule has 0 aliphatic heterocycles. The van der Waals surface area contributed by atoms with Crippen molar-refractivity contribution in [1.29, 1.82) is 0 Å². The maximum Gasteiger partial charge on any atom is 0.257 e. The van der Waals surface area contributed by atoms with Crippen molar-refractivity contribution in [2.45, 2.75) is 0 Å².